The number of aliphatic hydroxyl groups is 1. The molecular formula is C22H22F3N7O. The van der Waals surface area contributed by atoms with Crippen LogP contribution in [0.3, 0.4) is 0 Å². The van der Waals surface area contributed by atoms with E-state index < -0.39 is 23.5 Å². The van der Waals surface area contributed by atoms with Gasteiger partial charge in [0.15, 0.2) is 11.6 Å². The van der Waals surface area contributed by atoms with Crippen molar-refractivity contribution in [1.82, 2.24) is 29.9 Å². The van der Waals surface area contributed by atoms with Crippen LogP contribution in [-0.4, -0.2) is 41.8 Å². The van der Waals surface area contributed by atoms with Crippen LogP contribution < -0.4 is 10.6 Å². The minimum Gasteiger partial charge on any atom is -0.389 e. The number of alkyl halides is 2. The quantitative estimate of drug-likeness (QED) is 0.369. The molecule has 0 aliphatic rings. The Bertz CT molecular complexity index is 1270. The molecule has 0 spiro atoms. The molecule has 0 fully saturated rings. The highest BCUT2D eigenvalue weighted by molar-refractivity contribution is 5.78. The Labute approximate surface area is 187 Å². The molecular weight excluding hydrogens is 435 g/mol. The number of rotatable bonds is 8. The number of pyridine rings is 2. The number of aromatic nitrogens is 5. The third kappa shape index (κ3) is 5.26. The largest absolute Gasteiger partial charge is 0.389 e. The molecule has 0 bridgehead atoms. The molecule has 172 valence electrons. The number of halogens is 3. The average Bonchev–Trinajstić information content (AvgIpc) is 3.18. The van der Waals surface area contributed by atoms with Crippen molar-refractivity contribution in [2.45, 2.75) is 32.4 Å². The Kier molecular flexibility index (Phi) is 6.25. The summed E-state index contributed by atoms with van der Waals surface area (Å²) in [5.74, 6) is -0.227. The third-order valence-electron chi connectivity index (χ3n) is 4.72. The molecule has 4 aromatic rings. The zero-order valence-corrected chi connectivity index (χ0v) is 17.9. The second kappa shape index (κ2) is 9.12. The molecule has 11 heteroatoms. The van der Waals surface area contributed by atoms with Gasteiger partial charge in [-0.1, -0.05) is 6.07 Å². The fourth-order valence-corrected chi connectivity index (χ4v) is 3.23. The van der Waals surface area contributed by atoms with Gasteiger partial charge >= 0.3 is 0 Å². The summed E-state index contributed by atoms with van der Waals surface area (Å²) >= 11 is 0. The Morgan fingerprint density at radius 3 is 2.70 bits per heavy atom. The molecule has 4 heterocycles. The fraction of sp³-hybridized carbons (Fsp3) is 0.273. The van der Waals surface area contributed by atoms with E-state index in [-0.39, 0.29) is 23.0 Å². The van der Waals surface area contributed by atoms with Gasteiger partial charge in [0.2, 0.25) is 5.82 Å². The number of hydrogen-bond acceptors (Lipinski definition) is 7. The highest BCUT2D eigenvalue weighted by atomic mass is 19.3. The summed E-state index contributed by atoms with van der Waals surface area (Å²) in [6.07, 6.45) is 1.45. The molecule has 0 atom stereocenters. The van der Waals surface area contributed by atoms with E-state index in [4.69, 9.17) is 0 Å². The van der Waals surface area contributed by atoms with E-state index in [0.29, 0.717) is 18.6 Å². The monoisotopic (exact) mass is 457 g/mol. The zero-order valence-electron chi connectivity index (χ0n) is 17.9. The number of anilines is 2. The first-order valence-corrected chi connectivity index (χ1v) is 10.1. The highest BCUT2D eigenvalue weighted by Crippen LogP contribution is 2.28. The first-order valence-electron chi connectivity index (χ1n) is 10.1. The second-order valence-corrected chi connectivity index (χ2v) is 8.06. The minimum atomic E-state index is -2.74. The zero-order chi connectivity index (χ0) is 23.6. The first kappa shape index (κ1) is 22.6. The lowest BCUT2D eigenvalue weighted by molar-refractivity contribution is 0.0795. The van der Waals surface area contributed by atoms with Crippen LogP contribution in [0.1, 0.15) is 31.5 Å². The van der Waals surface area contributed by atoms with E-state index in [1.807, 2.05) is 6.07 Å². The second-order valence-electron chi connectivity index (χ2n) is 8.06. The summed E-state index contributed by atoms with van der Waals surface area (Å²) in [5, 5.41) is 20.5. The first-order chi connectivity index (χ1) is 15.7. The maximum Gasteiger partial charge on any atom is 0.280 e. The summed E-state index contributed by atoms with van der Waals surface area (Å²) < 4.78 is 42.1. The lowest BCUT2D eigenvalue weighted by atomic mass is 10.1. The molecule has 0 unspecified atom stereocenters. The van der Waals surface area contributed by atoms with Crippen molar-refractivity contribution in [3.05, 3.63) is 66.0 Å². The van der Waals surface area contributed by atoms with E-state index >= 15 is 0 Å². The highest BCUT2D eigenvalue weighted by Gasteiger charge is 2.18. The fourth-order valence-electron chi connectivity index (χ4n) is 3.23. The maximum atomic E-state index is 14.3. The lowest BCUT2D eigenvalue weighted by Gasteiger charge is -2.17. The number of hydrogen-bond donors (Lipinski definition) is 3. The number of fused-ring (bicyclic) bond motifs is 1. The molecule has 0 saturated carbocycles. The maximum absolute atomic E-state index is 14.3. The summed E-state index contributed by atoms with van der Waals surface area (Å²) in [5.41, 5.74) is 0.350. The predicted molar refractivity (Wildman–Crippen MR) is 117 cm³/mol. The molecule has 4 rings (SSSR count). The predicted octanol–water partition coefficient (Wildman–Crippen LogP) is 3.87. The van der Waals surface area contributed by atoms with E-state index in [0.717, 1.165) is 11.8 Å². The number of nitrogens with one attached hydrogen (secondary N) is 2. The Morgan fingerprint density at radius 2 is 1.97 bits per heavy atom. The van der Waals surface area contributed by atoms with E-state index in [2.05, 4.69) is 30.7 Å². The van der Waals surface area contributed by atoms with Crippen molar-refractivity contribution < 1.29 is 18.3 Å². The molecule has 0 aliphatic heterocycles. The molecule has 3 N–H and O–H groups in total. The summed E-state index contributed by atoms with van der Waals surface area (Å²) in [6.45, 7) is 4.10. The molecule has 0 saturated heterocycles. The van der Waals surface area contributed by atoms with Crippen LogP contribution in [0.4, 0.5) is 24.7 Å². The topological polar surface area (TPSA) is 100 Å². The Morgan fingerprint density at radius 1 is 1.15 bits per heavy atom. The van der Waals surface area contributed by atoms with Gasteiger partial charge in [-0.25, -0.2) is 27.7 Å². The van der Waals surface area contributed by atoms with Gasteiger partial charge in [0.05, 0.1) is 17.5 Å². The van der Waals surface area contributed by atoms with Crippen molar-refractivity contribution in [3.63, 3.8) is 0 Å². The SMILES string of the molecule is CC(C)(O)CNCc1ccn2nc(-c3cccc(C(F)F)n3)nc(Nc3ccncc3F)c12. The van der Waals surface area contributed by atoms with Gasteiger partial charge in [-0.05, 0) is 43.7 Å². The van der Waals surface area contributed by atoms with Crippen LogP contribution in [0.15, 0.2) is 48.9 Å². The van der Waals surface area contributed by atoms with Crippen molar-refractivity contribution >= 4 is 17.0 Å². The van der Waals surface area contributed by atoms with Crippen LogP contribution in [0, 0.1) is 5.82 Å². The molecule has 0 amide bonds. The van der Waals surface area contributed by atoms with Crippen molar-refractivity contribution in [2.24, 2.45) is 0 Å². The summed E-state index contributed by atoms with van der Waals surface area (Å²) in [4.78, 5) is 12.2. The minimum absolute atomic E-state index is 0.0913. The van der Waals surface area contributed by atoms with Gasteiger partial charge in [0.25, 0.3) is 6.43 Å². The van der Waals surface area contributed by atoms with Crippen LogP contribution in [0.2, 0.25) is 0 Å². The van der Waals surface area contributed by atoms with Gasteiger partial charge in [-0.2, -0.15) is 0 Å². The molecule has 0 radical (unpaired) electrons. The summed E-state index contributed by atoms with van der Waals surface area (Å²) in [7, 11) is 0. The van der Waals surface area contributed by atoms with Gasteiger partial charge in [0.1, 0.15) is 16.9 Å². The van der Waals surface area contributed by atoms with E-state index in [1.54, 1.807) is 20.0 Å². The van der Waals surface area contributed by atoms with E-state index in [9.17, 15) is 18.3 Å². The Hall–Kier alpha value is -3.57. The van der Waals surface area contributed by atoms with Crippen molar-refractivity contribution in [1.29, 1.82) is 0 Å². The van der Waals surface area contributed by atoms with Crippen LogP contribution >= 0.6 is 0 Å². The van der Waals surface area contributed by atoms with Gasteiger partial charge in [-0.3, -0.25) is 4.98 Å². The van der Waals surface area contributed by atoms with Gasteiger partial charge in [-0.15, -0.1) is 5.10 Å². The summed E-state index contributed by atoms with van der Waals surface area (Å²) in [6, 6.07) is 7.47. The molecule has 33 heavy (non-hydrogen) atoms. The lowest BCUT2D eigenvalue weighted by Crippen LogP contribution is -2.34. The van der Waals surface area contributed by atoms with Crippen molar-refractivity contribution in [2.75, 3.05) is 11.9 Å². The van der Waals surface area contributed by atoms with Crippen molar-refractivity contribution in [3.8, 4) is 11.5 Å². The van der Waals surface area contributed by atoms with Gasteiger partial charge in [0, 0.05) is 25.5 Å². The third-order valence-corrected chi connectivity index (χ3v) is 4.72. The normalized spacial score (nSPS) is 12.0. The van der Waals surface area contributed by atoms with E-state index in [1.165, 1.54) is 35.0 Å². The van der Waals surface area contributed by atoms with Gasteiger partial charge < -0.3 is 15.7 Å². The molecule has 4 aromatic heterocycles. The smallest absolute Gasteiger partial charge is 0.280 e. The van der Waals surface area contributed by atoms with Crippen LogP contribution in [0.5, 0.6) is 0 Å². The molecule has 0 aromatic carbocycles. The molecule has 0 aliphatic carbocycles. The Balaban J connectivity index is 1.79. The molecule has 8 nitrogen and oxygen atoms in total. The standard InChI is InChI=1S/C22H22F3N7O/c1-22(2,33)12-27-10-13-7-9-32-18(13)21(29-15-6-8-26-11-14(15)23)30-20(31-32)17-5-3-4-16(28-17)19(24)25/h3-9,11,19,27,33H,10,12H2,1-2H3,(H,26,29,30,31). The van der Waals surface area contributed by atoms with Crippen LogP contribution in [-0.2, 0) is 6.54 Å². The number of nitrogens with zero attached hydrogens (tertiary/aromatic N) is 5. The van der Waals surface area contributed by atoms with Crippen LogP contribution in [0.25, 0.3) is 17.0 Å². The average molecular weight is 457 g/mol.